The maximum atomic E-state index is 16.3. The van der Waals surface area contributed by atoms with Gasteiger partial charge in [0, 0.05) is 64.6 Å². The summed E-state index contributed by atoms with van der Waals surface area (Å²) in [7, 11) is 4.53. The topological polar surface area (TPSA) is 190 Å². The highest BCUT2D eigenvalue weighted by atomic mass is 19.1. The molecule has 348 valence electrons. The standard InChI is InChI=1S/C46H75FN2O12/c1-11-32-19-25(2)40(47)26(3)20-38(58-9)42-39(59-10)21-28(5)46(56,61-42)43(53)44(54)49-17-13-12-14-34(49)45(55)60-41(30(7)35(51)23-36(32)52)27(4)18-31-15-16-33(37(22-31)57-8)48-24-29(6)50/h18-19,26,28-35,37-42,48,50-51,56H,11-17,20-24H2,1-10H3. The van der Waals surface area contributed by atoms with Gasteiger partial charge < -0.3 is 49.2 Å². The summed E-state index contributed by atoms with van der Waals surface area (Å²) in [5.74, 6) is -9.02. The number of piperidine rings is 1. The summed E-state index contributed by atoms with van der Waals surface area (Å²) in [6, 6.07) is -1.14. The van der Waals surface area contributed by atoms with E-state index in [-0.39, 0.29) is 56.1 Å². The Bertz CT molecular complexity index is 1560. The van der Waals surface area contributed by atoms with Gasteiger partial charge in [0.2, 0.25) is 5.79 Å². The zero-order chi connectivity index (χ0) is 45.3. The fourth-order valence-electron chi connectivity index (χ4n) is 9.87. The first-order valence-corrected chi connectivity index (χ1v) is 22.5. The SMILES string of the molecule is CCC1C=C(C)C(F)C(C)CC(OC)C2OC(O)(C(=O)C(=O)N3CCCCC3C(=O)OC(C(C)=CC3CCC(NCC(C)O)C(OC)C3)C(C)C(O)CC1=O)C(C)CC2OC. The van der Waals surface area contributed by atoms with Crippen molar-refractivity contribution in [2.75, 3.05) is 34.4 Å². The van der Waals surface area contributed by atoms with E-state index in [0.29, 0.717) is 43.4 Å². The number of hydrogen-bond acceptors (Lipinski definition) is 13. The van der Waals surface area contributed by atoms with Crippen LogP contribution in [0.25, 0.3) is 0 Å². The minimum Gasteiger partial charge on any atom is -0.456 e. The molecule has 1 aliphatic carbocycles. The number of carbonyl (C=O) groups is 4. The molecular formula is C46H75FN2O12. The Hall–Kier alpha value is -2.63. The van der Waals surface area contributed by atoms with Gasteiger partial charge in [0.25, 0.3) is 11.7 Å². The van der Waals surface area contributed by atoms with Crippen molar-refractivity contribution in [3.05, 3.63) is 23.3 Å². The molecule has 14 nitrogen and oxygen atoms in total. The molecular weight excluding hydrogens is 792 g/mol. The van der Waals surface area contributed by atoms with E-state index < -0.39 is 96.0 Å². The third-order valence-electron chi connectivity index (χ3n) is 13.8. The second-order valence-corrected chi connectivity index (χ2v) is 18.4. The van der Waals surface area contributed by atoms with Gasteiger partial charge in [-0.15, -0.1) is 0 Å². The van der Waals surface area contributed by atoms with Crippen molar-refractivity contribution in [3.8, 4) is 0 Å². The number of nitrogens with zero attached hydrogens (tertiary/aromatic N) is 1. The van der Waals surface area contributed by atoms with Crippen molar-refractivity contribution in [2.24, 2.45) is 29.6 Å². The number of cyclic esters (lactones) is 1. The summed E-state index contributed by atoms with van der Waals surface area (Å²) in [5.41, 5.74) is 0.982. The van der Waals surface area contributed by atoms with Crippen LogP contribution in [0.15, 0.2) is 23.3 Å². The van der Waals surface area contributed by atoms with Crippen LogP contribution in [-0.2, 0) is 42.9 Å². The van der Waals surface area contributed by atoms with Crippen LogP contribution in [0.4, 0.5) is 4.39 Å². The van der Waals surface area contributed by atoms with Gasteiger partial charge in [-0.25, -0.2) is 9.18 Å². The molecule has 61 heavy (non-hydrogen) atoms. The van der Waals surface area contributed by atoms with Gasteiger partial charge in [0.15, 0.2) is 0 Å². The molecule has 15 heteroatoms. The van der Waals surface area contributed by atoms with Crippen LogP contribution in [0.3, 0.4) is 0 Å². The highest BCUT2D eigenvalue weighted by molar-refractivity contribution is 6.39. The molecule has 0 aromatic carbocycles. The summed E-state index contributed by atoms with van der Waals surface area (Å²) in [6.07, 6.45) is 0.336. The fraction of sp³-hybridized carbons (Fsp3) is 0.826. The number of alkyl halides is 1. The number of aliphatic hydroxyl groups is 3. The highest BCUT2D eigenvalue weighted by Crippen LogP contribution is 2.39. The number of allylic oxidation sites excluding steroid dienone is 3. The lowest BCUT2D eigenvalue weighted by atomic mass is 9.80. The number of methoxy groups -OCH3 is 3. The molecule has 16 unspecified atom stereocenters. The molecule has 0 aromatic rings. The molecule has 3 aliphatic heterocycles. The van der Waals surface area contributed by atoms with E-state index in [2.05, 4.69) is 5.32 Å². The van der Waals surface area contributed by atoms with E-state index in [4.69, 9.17) is 23.7 Å². The maximum absolute atomic E-state index is 16.3. The molecule has 2 saturated heterocycles. The smallest absolute Gasteiger partial charge is 0.329 e. The number of Topliss-reactive ketones (excluding diaryl/α,β-unsaturated/α-hetero) is 2. The minimum atomic E-state index is -2.60. The Labute approximate surface area is 362 Å². The first-order valence-electron chi connectivity index (χ1n) is 22.5. The molecule has 4 rings (SSSR count). The zero-order valence-electron chi connectivity index (χ0n) is 38.1. The van der Waals surface area contributed by atoms with Gasteiger partial charge in [-0.3, -0.25) is 14.4 Å². The number of ketones is 2. The number of aliphatic hydroxyl groups excluding tert-OH is 2. The van der Waals surface area contributed by atoms with Crippen LogP contribution >= 0.6 is 0 Å². The second kappa shape index (κ2) is 22.8. The van der Waals surface area contributed by atoms with E-state index in [1.54, 1.807) is 47.8 Å². The van der Waals surface area contributed by atoms with Crippen LogP contribution < -0.4 is 5.32 Å². The third kappa shape index (κ3) is 12.3. The number of fused-ring (bicyclic) bond motifs is 3. The van der Waals surface area contributed by atoms with Crippen molar-refractivity contribution >= 4 is 23.4 Å². The summed E-state index contributed by atoms with van der Waals surface area (Å²) in [5, 5.41) is 37.0. The Morgan fingerprint density at radius 1 is 1.02 bits per heavy atom. The van der Waals surface area contributed by atoms with E-state index in [0.717, 1.165) is 17.7 Å². The molecule has 1 amide bonds. The normalized spacial score (nSPS) is 40.1. The molecule has 4 aliphatic rings. The van der Waals surface area contributed by atoms with Gasteiger partial charge in [0.1, 0.15) is 30.2 Å². The van der Waals surface area contributed by atoms with Crippen molar-refractivity contribution < 1.29 is 62.6 Å². The van der Waals surface area contributed by atoms with Crippen LogP contribution in [0.2, 0.25) is 0 Å². The van der Waals surface area contributed by atoms with Crippen LogP contribution in [0.1, 0.15) is 113 Å². The molecule has 0 spiro atoms. The summed E-state index contributed by atoms with van der Waals surface area (Å²) < 4.78 is 46.1. The first-order chi connectivity index (χ1) is 28.8. The zero-order valence-corrected chi connectivity index (χ0v) is 38.1. The molecule has 16 atom stereocenters. The highest BCUT2D eigenvalue weighted by Gasteiger charge is 2.57. The molecule has 4 N–H and O–H groups in total. The molecule has 1 saturated carbocycles. The predicted molar refractivity (Wildman–Crippen MR) is 226 cm³/mol. The molecule has 0 radical (unpaired) electrons. The lowest BCUT2D eigenvalue weighted by Gasteiger charge is -2.47. The monoisotopic (exact) mass is 867 g/mol. The number of ether oxygens (including phenoxy) is 5. The van der Waals surface area contributed by atoms with Gasteiger partial charge in [-0.05, 0) is 102 Å². The number of carbonyl (C=O) groups excluding carboxylic acids is 4. The number of esters is 1. The Balaban J connectivity index is 1.76. The lowest BCUT2D eigenvalue weighted by molar-refractivity contribution is -0.302. The summed E-state index contributed by atoms with van der Waals surface area (Å²) in [4.78, 5) is 58.0. The van der Waals surface area contributed by atoms with E-state index >= 15 is 4.39 Å². The van der Waals surface area contributed by atoms with Crippen molar-refractivity contribution in [1.82, 2.24) is 10.2 Å². The Morgan fingerprint density at radius 3 is 2.30 bits per heavy atom. The van der Waals surface area contributed by atoms with E-state index in [1.807, 2.05) is 19.9 Å². The minimum absolute atomic E-state index is 0.0147. The van der Waals surface area contributed by atoms with Gasteiger partial charge in [0.05, 0.1) is 30.5 Å². The first kappa shape index (κ1) is 51.0. The largest absolute Gasteiger partial charge is 0.456 e. The van der Waals surface area contributed by atoms with Crippen LogP contribution in [-0.4, -0.2) is 145 Å². The van der Waals surface area contributed by atoms with E-state index in [1.165, 1.54) is 14.2 Å². The quantitative estimate of drug-likeness (QED) is 0.145. The van der Waals surface area contributed by atoms with Crippen molar-refractivity contribution in [2.45, 2.75) is 179 Å². The fourth-order valence-corrected chi connectivity index (χ4v) is 9.87. The second-order valence-electron chi connectivity index (χ2n) is 18.4. The van der Waals surface area contributed by atoms with Crippen molar-refractivity contribution in [1.29, 1.82) is 0 Å². The van der Waals surface area contributed by atoms with E-state index in [9.17, 15) is 34.5 Å². The number of nitrogens with one attached hydrogen (secondary N) is 1. The predicted octanol–water partition coefficient (Wildman–Crippen LogP) is 4.40. The van der Waals surface area contributed by atoms with Crippen LogP contribution in [0.5, 0.6) is 0 Å². The summed E-state index contributed by atoms with van der Waals surface area (Å²) >= 11 is 0. The Morgan fingerprint density at radius 2 is 1.67 bits per heavy atom. The number of amides is 1. The average molecular weight is 867 g/mol. The maximum Gasteiger partial charge on any atom is 0.329 e. The molecule has 2 bridgehead atoms. The van der Waals surface area contributed by atoms with Crippen LogP contribution in [0, 0.1) is 29.6 Å². The Kier molecular flexibility index (Phi) is 19.1. The third-order valence-corrected chi connectivity index (χ3v) is 13.8. The molecule has 0 aromatic heterocycles. The van der Waals surface area contributed by atoms with Gasteiger partial charge in [-0.1, -0.05) is 39.8 Å². The number of rotatable bonds is 9. The summed E-state index contributed by atoms with van der Waals surface area (Å²) in [6.45, 7) is 12.5. The average Bonchev–Trinajstić information content (AvgIpc) is 3.24. The lowest BCUT2D eigenvalue weighted by Crippen LogP contribution is -2.64. The molecule has 3 fully saturated rings. The molecule has 3 heterocycles. The number of halogens is 1. The van der Waals surface area contributed by atoms with Crippen molar-refractivity contribution in [3.63, 3.8) is 0 Å². The van der Waals surface area contributed by atoms with Gasteiger partial charge >= 0.3 is 5.97 Å². The number of hydrogen-bond donors (Lipinski definition) is 4. The van der Waals surface area contributed by atoms with Gasteiger partial charge in [-0.2, -0.15) is 0 Å².